The molecule has 1 fully saturated rings. The molecule has 1 aromatic carbocycles. The molecule has 2 aliphatic heterocycles. The molecule has 1 aromatic rings. The van der Waals surface area contributed by atoms with Gasteiger partial charge in [0.15, 0.2) is 5.17 Å². The fourth-order valence-electron chi connectivity index (χ4n) is 2.68. The van der Waals surface area contributed by atoms with E-state index in [9.17, 15) is 9.59 Å². The normalized spacial score (nSPS) is 18.3. The van der Waals surface area contributed by atoms with Crippen LogP contribution in [0.25, 0.3) is 6.08 Å². The number of carbonyl (C=O) groups excluding carboxylic acids is 2. The molecule has 3 rings (SSSR count). The fraction of sp³-hybridized carbons (Fsp3) is 0.368. The Bertz CT molecular complexity index is 803. The second kappa shape index (κ2) is 9.52. The lowest BCUT2D eigenvalue weighted by Crippen LogP contribution is -2.31. The van der Waals surface area contributed by atoms with Crippen molar-refractivity contribution < 1.29 is 9.59 Å². The Morgan fingerprint density at radius 1 is 1.37 bits per heavy atom. The highest BCUT2D eigenvalue weighted by atomic mass is 32.2. The molecule has 0 unspecified atom stereocenters. The summed E-state index contributed by atoms with van der Waals surface area (Å²) in [6.07, 6.45) is 3.77. The van der Waals surface area contributed by atoms with Crippen LogP contribution >= 0.6 is 35.7 Å². The van der Waals surface area contributed by atoms with Crippen molar-refractivity contribution in [2.75, 3.05) is 18.8 Å². The lowest BCUT2D eigenvalue weighted by atomic mass is 10.1. The summed E-state index contributed by atoms with van der Waals surface area (Å²) in [6.45, 7) is 3.31. The number of nitrogens with one attached hydrogen (secondary N) is 1. The van der Waals surface area contributed by atoms with Gasteiger partial charge in [-0.3, -0.25) is 19.5 Å². The van der Waals surface area contributed by atoms with Crippen LogP contribution in [0.1, 0.15) is 30.9 Å². The molecule has 8 heteroatoms. The highest BCUT2D eigenvalue weighted by Crippen LogP contribution is 2.32. The third-order valence-electron chi connectivity index (χ3n) is 4.18. The average molecular weight is 420 g/mol. The minimum Gasteiger partial charge on any atom is -0.305 e. The maximum Gasteiger partial charge on any atom is 0.266 e. The third kappa shape index (κ3) is 5.43. The minimum absolute atomic E-state index is 0.0693. The Kier molecular flexibility index (Phi) is 7.09. The summed E-state index contributed by atoms with van der Waals surface area (Å²) in [5.41, 5.74) is 2.25. The SMILES string of the molecule is CCc1ccc(/C=C2/SC(=S)N(CCCC(=O)NC3=NCCS3)C2=O)cc1. The molecule has 5 nitrogen and oxygen atoms in total. The first-order valence-corrected chi connectivity index (χ1v) is 11.1. The Labute approximate surface area is 173 Å². The van der Waals surface area contributed by atoms with E-state index in [-0.39, 0.29) is 11.8 Å². The van der Waals surface area contributed by atoms with Crippen LogP contribution in [0.5, 0.6) is 0 Å². The topological polar surface area (TPSA) is 61.8 Å². The molecule has 0 radical (unpaired) electrons. The predicted molar refractivity (Wildman–Crippen MR) is 118 cm³/mol. The number of nitrogens with zero attached hydrogens (tertiary/aromatic N) is 2. The quantitative estimate of drug-likeness (QED) is 0.565. The molecule has 142 valence electrons. The Morgan fingerprint density at radius 2 is 2.15 bits per heavy atom. The molecule has 0 spiro atoms. The molecule has 2 aliphatic rings. The van der Waals surface area contributed by atoms with E-state index >= 15 is 0 Å². The lowest BCUT2D eigenvalue weighted by molar-refractivity contribution is -0.123. The zero-order chi connectivity index (χ0) is 19.2. The van der Waals surface area contributed by atoms with Gasteiger partial charge in [-0.1, -0.05) is 66.9 Å². The summed E-state index contributed by atoms with van der Waals surface area (Å²) >= 11 is 8.22. The highest BCUT2D eigenvalue weighted by molar-refractivity contribution is 8.26. The van der Waals surface area contributed by atoms with Crippen molar-refractivity contribution in [3.63, 3.8) is 0 Å². The van der Waals surface area contributed by atoms with Gasteiger partial charge < -0.3 is 5.32 Å². The molecular weight excluding hydrogens is 398 g/mol. The summed E-state index contributed by atoms with van der Waals surface area (Å²) in [5, 5.41) is 3.50. The van der Waals surface area contributed by atoms with Crippen LogP contribution in [0, 0.1) is 0 Å². The minimum atomic E-state index is -0.0827. The van der Waals surface area contributed by atoms with Crippen LogP contribution < -0.4 is 5.32 Å². The third-order valence-corrected chi connectivity index (χ3v) is 6.45. The molecule has 27 heavy (non-hydrogen) atoms. The summed E-state index contributed by atoms with van der Waals surface area (Å²) in [4.78, 5) is 31.0. The Balaban J connectivity index is 1.52. The Hall–Kier alpha value is -1.64. The number of hydrogen-bond acceptors (Lipinski definition) is 6. The number of rotatable bonds is 6. The van der Waals surface area contributed by atoms with E-state index in [1.54, 1.807) is 16.7 Å². The zero-order valence-electron chi connectivity index (χ0n) is 15.1. The predicted octanol–water partition coefficient (Wildman–Crippen LogP) is 3.45. The first-order valence-electron chi connectivity index (χ1n) is 8.88. The molecule has 0 bridgehead atoms. The molecular formula is C19H21N3O2S3. The second-order valence-corrected chi connectivity index (χ2v) is 8.87. The van der Waals surface area contributed by atoms with Gasteiger partial charge in [-0.25, -0.2) is 0 Å². The van der Waals surface area contributed by atoms with Gasteiger partial charge in [0.25, 0.3) is 5.91 Å². The van der Waals surface area contributed by atoms with Crippen LogP contribution in [0.4, 0.5) is 0 Å². The summed E-state index contributed by atoms with van der Waals surface area (Å²) in [6, 6.07) is 8.16. The van der Waals surface area contributed by atoms with Crippen molar-refractivity contribution in [2.45, 2.75) is 26.2 Å². The summed E-state index contributed by atoms with van der Waals surface area (Å²) in [5.74, 6) is 0.764. The number of hydrogen-bond donors (Lipinski definition) is 1. The van der Waals surface area contributed by atoms with Crippen molar-refractivity contribution in [1.29, 1.82) is 0 Å². The van der Waals surface area contributed by atoms with Gasteiger partial charge in [0.2, 0.25) is 5.91 Å². The molecule has 1 N–H and O–H groups in total. The molecule has 1 saturated heterocycles. The maximum absolute atomic E-state index is 12.6. The van der Waals surface area contributed by atoms with Gasteiger partial charge in [0, 0.05) is 18.7 Å². The second-order valence-electron chi connectivity index (χ2n) is 6.12. The van der Waals surface area contributed by atoms with Crippen molar-refractivity contribution in [3.05, 3.63) is 40.3 Å². The number of thiocarbonyl (C=S) groups is 1. The molecule has 0 saturated carbocycles. The molecule has 2 heterocycles. The van der Waals surface area contributed by atoms with E-state index in [4.69, 9.17) is 12.2 Å². The van der Waals surface area contributed by atoms with Crippen molar-refractivity contribution in [1.82, 2.24) is 10.2 Å². The summed E-state index contributed by atoms with van der Waals surface area (Å²) in [7, 11) is 0. The van der Waals surface area contributed by atoms with Crippen LogP contribution in [0.2, 0.25) is 0 Å². The van der Waals surface area contributed by atoms with E-state index in [1.807, 2.05) is 18.2 Å². The van der Waals surface area contributed by atoms with Crippen LogP contribution in [-0.2, 0) is 16.0 Å². The van der Waals surface area contributed by atoms with Gasteiger partial charge in [0.05, 0.1) is 11.4 Å². The van der Waals surface area contributed by atoms with Gasteiger partial charge in [-0.05, 0) is 30.0 Å². The monoisotopic (exact) mass is 419 g/mol. The van der Waals surface area contributed by atoms with Gasteiger partial charge in [-0.15, -0.1) is 0 Å². The number of thioether (sulfide) groups is 2. The zero-order valence-corrected chi connectivity index (χ0v) is 17.5. The van der Waals surface area contributed by atoms with E-state index in [2.05, 4.69) is 29.4 Å². The van der Waals surface area contributed by atoms with E-state index in [0.717, 1.165) is 24.3 Å². The average Bonchev–Trinajstić information content (AvgIpc) is 3.26. The first kappa shape index (κ1) is 20.1. The molecule has 2 amide bonds. The number of carbonyl (C=O) groups is 2. The molecule has 0 atom stereocenters. The number of amides is 2. The number of amidine groups is 1. The number of benzene rings is 1. The molecule has 0 aromatic heterocycles. The lowest BCUT2D eigenvalue weighted by Gasteiger charge is -2.14. The Morgan fingerprint density at radius 3 is 2.81 bits per heavy atom. The van der Waals surface area contributed by atoms with Gasteiger partial charge in [0.1, 0.15) is 4.32 Å². The standard InChI is InChI=1S/C19H21N3O2S3/c1-2-13-5-7-14(8-6-13)12-15-17(24)22(19(25)27-15)10-3-4-16(23)21-18-20-9-11-26-18/h5-8,12H,2-4,9-11H2,1H3,(H,20,21,23)/b15-12+. The van der Waals surface area contributed by atoms with Crippen molar-refractivity contribution in [3.8, 4) is 0 Å². The number of aryl methyl sites for hydroxylation is 1. The van der Waals surface area contributed by atoms with E-state index in [1.165, 1.54) is 17.3 Å². The van der Waals surface area contributed by atoms with E-state index < -0.39 is 0 Å². The van der Waals surface area contributed by atoms with Gasteiger partial charge in [-0.2, -0.15) is 0 Å². The van der Waals surface area contributed by atoms with Crippen LogP contribution in [0.3, 0.4) is 0 Å². The fourth-order valence-corrected chi connectivity index (χ4v) is 4.74. The number of aliphatic imine (C=N–C) groups is 1. The molecule has 0 aliphatic carbocycles. The van der Waals surface area contributed by atoms with E-state index in [0.29, 0.717) is 33.8 Å². The van der Waals surface area contributed by atoms with Crippen LogP contribution in [0.15, 0.2) is 34.2 Å². The van der Waals surface area contributed by atoms with Crippen molar-refractivity contribution in [2.24, 2.45) is 4.99 Å². The highest BCUT2D eigenvalue weighted by Gasteiger charge is 2.31. The maximum atomic E-state index is 12.6. The van der Waals surface area contributed by atoms with Crippen LogP contribution in [-0.4, -0.2) is 45.0 Å². The summed E-state index contributed by atoms with van der Waals surface area (Å²) < 4.78 is 0.549. The largest absolute Gasteiger partial charge is 0.305 e. The van der Waals surface area contributed by atoms with Gasteiger partial charge >= 0.3 is 0 Å². The smallest absolute Gasteiger partial charge is 0.266 e. The first-order chi connectivity index (χ1) is 13.1. The van der Waals surface area contributed by atoms with Crippen molar-refractivity contribution >= 4 is 63.1 Å².